The summed E-state index contributed by atoms with van der Waals surface area (Å²) >= 11 is 0. The molecule has 100 valence electrons. The number of allylic oxidation sites excluding steroid dienone is 3. The first-order chi connectivity index (χ1) is 9.34. The molecule has 0 spiro atoms. The summed E-state index contributed by atoms with van der Waals surface area (Å²) in [5.41, 5.74) is 2.54. The van der Waals surface area contributed by atoms with Crippen molar-refractivity contribution in [1.29, 1.82) is 0 Å². The predicted molar refractivity (Wildman–Crippen MR) is 76.9 cm³/mol. The van der Waals surface area contributed by atoms with Crippen molar-refractivity contribution in [2.45, 2.75) is 31.8 Å². The molecule has 0 amide bonds. The van der Waals surface area contributed by atoms with Gasteiger partial charge < -0.3 is 9.84 Å². The molecule has 3 rings (SSSR count). The van der Waals surface area contributed by atoms with Crippen LogP contribution in [0.15, 0.2) is 42.5 Å². The summed E-state index contributed by atoms with van der Waals surface area (Å²) < 4.78 is 5.97. The molecule has 1 aromatic carbocycles. The molecule has 1 N–H and O–H groups in total. The van der Waals surface area contributed by atoms with E-state index in [4.69, 9.17) is 4.74 Å². The van der Waals surface area contributed by atoms with E-state index in [0.29, 0.717) is 17.8 Å². The van der Waals surface area contributed by atoms with Crippen LogP contribution < -0.4 is 0 Å². The number of phenolic OH excluding ortho intramolecular Hbond substituents is 1. The summed E-state index contributed by atoms with van der Waals surface area (Å²) in [5.74, 6) is 0.774. The Labute approximate surface area is 114 Å². The highest BCUT2D eigenvalue weighted by atomic mass is 16.5. The van der Waals surface area contributed by atoms with Crippen LogP contribution in [0.2, 0.25) is 0 Å². The average Bonchev–Trinajstić information content (AvgIpc) is 2.49. The van der Waals surface area contributed by atoms with Gasteiger partial charge in [-0.1, -0.05) is 30.4 Å². The molecule has 2 unspecified atom stereocenters. The topological polar surface area (TPSA) is 29.5 Å². The third kappa shape index (κ3) is 2.74. The number of benzene rings is 1. The SMILES string of the molecule is Oc1ccc(C2=CC=CCC2C2CCCCO2)cc1. The number of hydrogen-bond donors (Lipinski definition) is 1. The summed E-state index contributed by atoms with van der Waals surface area (Å²) in [4.78, 5) is 0. The minimum atomic E-state index is 0.321. The molecule has 1 heterocycles. The lowest BCUT2D eigenvalue weighted by molar-refractivity contribution is -0.00605. The average molecular weight is 256 g/mol. The fourth-order valence-corrected chi connectivity index (χ4v) is 3.05. The normalized spacial score (nSPS) is 27.1. The first kappa shape index (κ1) is 12.5. The molecule has 19 heavy (non-hydrogen) atoms. The molecule has 0 saturated carbocycles. The summed E-state index contributed by atoms with van der Waals surface area (Å²) in [7, 11) is 0. The van der Waals surface area contributed by atoms with E-state index < -0.39 is 0 Å². The van der Waals surface area contributed by atoms with Crippen molar-refractivity contribution < 1.29 is 9.84 Å². The van der Waals surface area contributed by atoms with Gasteiger partial charge in [0.1, 0.15) is 5.75 Å². The third-order valence-electron chi connectivity index (χ3n) is 4.07. The van der Waals surface area contributed by atoms with Crippen LogP contribution in [0.4, 0.5) is 0 Å². The van der Waals surface area contributed by atoms with Gasteiger partial charge in [0.2, 0.25) is 0 Å². The van der Waals surface area contributed by atoms with Crippen molar-refractivity contribution in [3.05, 3.63) is 48.1 Å². The molecule has 1 saturated heterocycles. The maximum atomic E-state index is 9.41. The molecule has 1 aromatic rings. The number of aromatic hydroxyl groups is 1. The van der Waals surface area contributed by atoms with Crippen molar-refractivity contribution in [2.24, 2.45) is 5.92 Å². The Hall–Kier alpha value is -1.54. The van der Waals surface area contributed by atoms with Crippen molar-refractivity contribution in [2.75, 3.05) is 6.61 Å². The fourth-order valence-electron chi connectivity index (χ4n) is 3.05. The summed E-state index contributed by atoms with van der Waals surface area (Å²) in [6.07, 6.45) is 11.6. The van der Waals surface area contributed by atoms with Crippen LogP contribution in [0.3, 0.4) is 0 Å². The van der Waals surface area contributed by atoms with Gasteiger partial charge in [0.15, 0.2) is 0 Å². The second kappa shape index (κ2) is 5.62. The second-order valence-corrected chi connectivity index (χ2v) is 5.34. The van der Waals surface area contributed by atoms with Crippen LogP contribution in [0.5, 0.6) is 5.75 Å². The van der Waals surface area contributed by atoms with Crippen molar-refractivity contribution in [1.82, 2.24) is 0 Å². The zero-order chi connectivity index (χ0) is 13.1. The fraction of sp³-hybridized carbons (Fsp3) is 0.412. The van der Waals surface area contributed by atoms with Gasteiger partial charge >= 0.3 is 0 Å². The zero-order valence-corrected chi connectivity index (χ0v) is 11.1. The summed E-state index contributed by atoms with van der Waals surface area (Å²) in [5, 5.41) is 9.41. The van der Waals surface area contributed by atoms with Gasteiger partial charge in [0, 0.05) is 12.5 Å². The quantitative estimate of drug-likeness (QED) is 0.869. The molecule has 1 aliphatic carbocycles. The maximum Gasteiger partial charge on any atom is 0.115 e. The van der Waals surface area contributed by atoms with E-state index >= 15 is 0 Å². The predicted octanol–water partition coefficient (Wildman–Crippen LogP) is 3.92. The van der Waals surface area contributed by atoms with Gasteiger partial charge in [-0.15, -0.1) is 0 Å². The zero-order valence-electron chi connectivity index (χ0n) is 11.1. The number of phenols is 1. The van der Waals surface area contributed by atoms with E-state index in [1.54, 1.807) is 12.1 Å². The Balaban J connectivity index is 1.85. The van der Waals surface area contributed by atoms with E-state index in [2.05, 4.69) is 18.2 Å². The van der Waals surface area contributed by atoms with E-state index in [1.165, 1.54) is 24.0 Å². The van der Waals surface area contributed by atoms with Crippen LogP contribution in [0.1, 0.15) is 31.2 Å². The molecule has 2 nitrogen and oxygen atoms in total. The second-order valence-electron chi connectivity index (χ2n) is 5.34. The van der Waals surface area contributed by atoms with E-state index in [9.17, 15) is 5.11 Å². The summed E-state index contributed by atoms with van der Waals surface area (Å²) in [6, 6.07) is 7.51. The molecular formula is C17H20O2. The summed E-state index contributed by atoms with van der Waals surface area (Å²) in [6.45, 7) is 0.897. The van der Waals surface area contributed by atoms with E-state index in [0.717, 1.165) is 19.4 Å². The van der Waals surface area contributed by atoms with Gasteiger partial charge in [0.05, 0.1) is 6.10 Å². The third-order valence-corrected chi connectivity index (χ3v) is 4.07. The molecule has 1 aliphatic heterocycles. The maximum absolute atomic E-state index is 9.41. The highest BCUT2D eigenvalue weighted by Gasteiger charge is 2.28. The number of ether oxygens (including phenoxy) is 1. The van der Waals surface area contributed by atoms with Crippen molar-refractivity contribution >= 4 is 5.57 Å². The minimum absolute atomic E-state index is 0.321. The Morgan fingerprint density at radius 1 is 1.11 bits per heavy atom. The van der Waals surface area contributed by atoms with E-state index in [1.807, 2.05) is 12.1 Å². The van der Waals surface area contributed by atoms with Gasteiger partial charge in [-0.05, 0) is 49.0 Å². The Morgan fingerprint density at radius 2 is 1.95 bits per heavy atom. The molecule has 2 heteroatoms. The number of rotatable bonds is 2. The first-order valence-corrected chi connectivity index (χ1v) is 7.12. The smallest absolute Gasteiger partial charge is 0.115 e. The lowest BCUT2D eigenvalue weighted by atomic mass is 9.80. The van der Waals surface area contributed by atoms with Crippen LogP contribution in [0, 0.1) is 5.92 Å². The first-order valence-electron chi connectivity index (χ1n) is 7.12. The number of hydrogen-bond acceptors (Lipinski definition) is 2. The van der Waals surface area contributed by atoms with Crippen LogP contribution in [-0.4, -0.2) is 17.8 Å². The Morgan fingerprint density at radius 3 is 2.68 bits per heavy atom. The minimum Gasteiger partial charge on any atom is -0.508 e. The molecule has 0 radical (unpaired) electrons. The molecule has 0 aromatic heterocycles. The van der Waals surface area contributed by atoms with Gasteiger partial charge in [-0.3, -0.25) is 0 Å². The largest absolute Gasteiger partial charge is 0.508 e. The molecule has 2 atom stereocenters. The van der Waals surface area contributed by atoms with Crippen LogP contribution in [-0.2, 0) is 4.74 Å². The van der Waals surface area contributed by atoms with Crippen LogP contribution in [0.25, 0.3) is 5.57 Å². The molecule has 0 bridgehead atoms. The van der Waals surface area contributed by atoms with Gasteiger partial charge in [-0.2, -0.15) is 0 Å². The highest BCUT2D eigenvalue weighted by Crippen LogP contribution is 2.36. The Kier molecular flexibility index (Phi) is 3.69. The molecule has 2 aliphatic rings. The van der Waals surface area contributed by atoms with Gasteiger partial charge in [0.25, 0.3) is 0 Å². The van der Waals surface area contributed by atoms with E-state index in [-0.39, 0.29) is 0 Å². The van der Waals surface area contributed by atoms with Gasteiger partial charge in [-0.25, -0.2) is 0 Å². The lowest BCUT2D eigenvalue weighted by Crippen LogP contribution is -2.29. The molecule has 1 fully saturated rings. The van der Waals surface area contributed by atoms with Crippen LogP contribution >= 0.6 is 0 Å². The van der Waals surface area contributed by atoms with Crippen molar-refractivity contribution in [3.8, 4) is 5.75 Å². The lowest BCUT2D eigenvalue weighted by Gasteiger charge is -2.33. The highest BCUT2D eigenvalue weighted by molar-refractivity contribution is 5.71. The monoisotopic (exact) mass is 256 g/mol. The molecular weight excluding hydrogens is 236 g/mol. The Bertz CT molecular complexity index is 478. The standard InChI is InChI=1S/C17H20O2/c18-14-10-8-13(9-11-14)15-5-1-2-6-16(15)17-7-3-4-12-19-17/h1-2,5,8-11,16-18H,3-4,6-7,12H2. The van der Waals surface area contributed by atoms with Crippen molar-refractivity contribution in [3.63, 3.8) is 0 Å².